The summed E-state index contributed by atoms with van der Waals surface area (Å²) in [5, 5.41) is 10.6. The lowest BCUT2D eigenvalue weighted by Gasteiger charge is -2.38. The van der Waals surface area contributed by atoms with Crippen LogP contribution in [0, 0.1) is 28.9 Å². The van der Waals surface area contributed by atoms with Gasteiger partial charge in [-0.05, 0) is 56.2 Å². The lowest BCUT2D eigenvalue weighted by atomic mass is 9.92. The van der Waals surface area contributed by atoms with Gasteiger partial charge in [0.05, 0.1) is 38.4 Å². The predicted octanol–water partition coefficient (Wildman–Crippen LogP) is 6.53. The smallest absolute Gasteiger partial charge is 0.319 e. The molecule has 0 spiro atoms. The molecule has 0 bridgehead atoms. The third-order valence-corrected chi connectivity index (χ3v) is 11.7. The van der Waals surface area contributed by atoms with E-state index in [1.54, 1.807) is 7.11 Å². The fraction of sp³-hybridized carbons (Fsp3) is 0.485. The molecule has 4 aliphatic heterocycles. The second-order valence-electron chi connectivity index (χ2n) is 13.0. The first kappa shape index (κ1) is 29.9. The van der Waals surface area contributed by atoms with Crippen molar-refractivity contribution in [1.82, 2.24) is 14.9 Å². The van der Waals surface area contributed by atoms with E-state index in [2.05, 4.69) is 27.8 Å². The third kappa shape index (κ3) is 4.43. The first-order valence-corrected chi connectivity index (χ1v) is 16.9. The number of rotatable bonds is 5. The number of anilines is 2. The summed E-state index contributed by atoms with van der Waals surface area (Å²) in [6.45, 7) is 5.61. The molecule has 4 aliphatic rings. The van der Waals surface area contributed by atoms with Gasteiger partial charge < -0.3 is 24.8 Å². The highest BCUT2D eigenvalue weighted by Crippen LogP contribution is 2.51. The molecule has 0 amide bonds. The molecule has 2 aromatic carbocycles. The summed E-state index contributed by atoms with van der Waals surface area (Å²) in [5.41, 5.74) is 6.27. The van der Waals surface area contributed by atoms with Crippen LogP contribution in [0.15, 0.2) is 12.1 Å². The minimum absolute atomic E-state index is 0.00587. The zero-order valence-electron chi connectivity index (χ0n) is 25.5. The van der Waals surface area contributed by atoms with Crippen LogP contribution in [0.5, 0.6) is 11.8 Å². The molecule has 4 aromatic rings. The number of ether oxygens (including phenoxy) is 3. The van der Waals surface area contributed by atoms with Crippen molar-refractivity contribution >= 4 is 54.7 Å². The van der Waals surface area contributed by atoms with Gasteiger partial charge in [-0.15, -0.1) is 11.3 Å². The fourth-order valence-corrected chi connectivity index (χ4v) is 9.54. The molecule has 240 valence electrons. The molecule has 46 heavy (non-hydrogen) atoms. The first-order chi connectivity index (χ1) is 22.2. The van der Waals surface area contributed by atoms with E-state index < -0.39 is 11.6 Å². The molecule has 0 radical (unpaired) electrons. The molecule has 4 atom stereocenters. The number of hydrogen-bond donors (Lipinski definition) is 1. The predicted molar refractivity (Wildman–Crippen MR) is 174 cm³/mol. The summed E-state index contributed by atoms with van der Waals surface area (Å²) >= 11 is 8.00. The van der Waals surface area contributed by atoms with Crippen LogP contribution in [0.3, 0.4) is 0 Å². The van der Waals surface area contributed by atoms with E-state index >= 15 is 4.39 Å². The molecule has 3 fully saturated rings. The number of fused-ring (bicyclic) bond motifs is 4. The second kappa shape index (κ2) is 11.0. The van der Waals surface area contributed by atoms with Crippen LogP contribution in [0.1, 0.15) is 44.6 Å². The van der Waals surface area contributed by atoms with Gasteiger partial charge in [0, 0.05) is 31.1 Å². The molecule has 2 N–H and O–H groups in total. The summed E-state index contributed by atoms with van der Waals surface area (Å²) in [5.74, 6) is 0.00900. The number of nitrogens with two attached hydrogens (primary N) is 1. The Labute approximate surface area is 273 Å². The van der Waals surface area contributed by atoms with Gasteiger partial charge in [-0.3, -0.25) is 4.90 Å². The number of nitriles is 1. The molecule has 9 nitrogen and oxygen atoms in total. The van der Waals surface area contributed by atoms with Gasteiger partial charge in [-0.2, -0.15) is 15.2 Å². The molecule has 3 saturated heterocycles. The molecular weight excluding hydrogens is 634 g/mol. The number of piperidine rings is 1. The van der Waals surface area contributed by atoms with Gasteiger partial charge in [0.15, 0.2) is 11.6 Å². The topological polar surface area (TPSA) is 110 Å². The number of benzene rings is 2. The standard InChI is InChI=1S/C33H33ClF2N6O3S/c1-16-11-33(7-3-8-41(33)13-16)15-45-32-39-27-24-28(44-14-17-10-18(43-2)6-9-42(17)31(24)40-32)25(34)23(26(27)36)19-4-5-21(35)29-22(19)20(12-37)30(38)46-29/h4-5,16-18H,3,6-11,13-15,38H2,1-2H3/t16-,17?,18?,33?/m1/s1. The maximum atomic E-state index is 17.1. The van der Waals surface area contributed by atoms with Crippen LogP contribution in [0.4, 0.5) is 19.6 Å². The molecule has 13 heteroatoms. The van der Waals surface area contributed by atoms with Crippen molar-refractivity contribution < 1.29 is 23.0 Å². The minimum Gasteiger partial charge on any atom is -0.489 e. The van der Waals surface area contributed by atoms with Crippen molar-refractivity contribution in [1.29, 1.82) is 5.26 Å². The summed E-state index contributed by atoms with van der Waals surface area (Å²) in [4.78, 5) is 14.2. The first-order valence-electron chi connectivity index (χ1n) is 15.7. The van der Waals surface area contributed by atoms with E-state index in [1.807, 2.05) is 0 Å². The van der Waals surface area contributed by atoms with Gasteiger partial charge in [-0.25, -0.2) is 8.78 Å². The zero-order valence-corrected chi connectivity index (χ0v) is 27.1. The molecule has 3 unspecified atom stereocenters. The Morgan fingerprint density at radius 3 is 2.91 bits per heavy atom. The number of thiophene rings is 1. The van der Waals surface area contributed by atoms with Crippen LogP contribution >= 0.6 is 22.9 Å². The number of nitrogens with zero attached hydrogens (tertiary/aromatic N) is 5. The van der Waals surface area contributed by atoms with E-state index in [4.69, 9.17) is 36.5 Å². The Kier molecular flexibility index (Phi) is 7.17. The van der Waals surface area contributed by atoms with Crippen molar-refractivity contribution in [2.24, 2.45) is 5.92 Å². The Morgan fingerprint density at radius 1 is 1.26 bits per heavy atom. The van der Waals surface area contributed by atoms with Crippen molar-refractivity contribution in [3.63, 3.8) is 0 Å². The van der Waals surface area contributed by atoms with Gasteiger partial charge in [-0.1, -0.05) is 24.6 Å². The van der Waals surface area contributed by atoms with E-state index in [0.717, 1.165) is 50.1 Å². The lowest BCUT2D eigenvalue weighted by Crippen LogP contribution is -2.47. The van der Waals surface area contributed by atoms with Crippen molar-refractivity contribution in [2.75, 3.05) is 50.6 Å². The Balaban J connectivity index is 1.33. The van der Waals surface area contributed by atoms with Crippen molar-refractivity contribution in [2.45, 2.75) is 56.7 Å². The fourth-order valence-electron chi connectivity index (χ4n) is 8.25. The number of aromatic nitrogens is 2. The molecule has 2 aromatic heterocycles. The Bertz CT molecular complexity index is 1950. The van der Waals surface area contributed by atoms with Crippen LogP contribution in [0.2, 0.25) is 5.02 Å². The lowest BCUT2D eigenvalue weighted by molar-refractivity contribution is 0.0630. The molecule has 0 saturated carbocycles. The van der Waals surface area contributed by atoms with E-state index in [1.165, 1.54) is 12.1 Å². The van der Waals surface area contributed by atoms with Gasteiger partial charge in [0.1, 0.15) is 41.4 Å². The average Bonchev–Trinajstić information content (AvgIpc) is 3.66. The zero-order chi connectivity index (χ0) is 31.9. The van der Waals surface area contributed by atoms with Gasteiger partial charge in [0.2, 0.25) is 0 Å². The maximum Gasteiger partial charge on any atom is 0.319 e. The van der Waals surface area contributed by atoms with Crippen LogP contribution < -0.4 is 20.1 Å². The molecule has 8 rings (SSSR count). The number of hydrogen-bond acceptors (Lipinski definition) is 10. The summed E-state index contributed by atoms with van der Waals surface area (Å²) in [6, 6.07) is 4.68. The van der Waals surface area contributed by atoms with Crippen molar-refractivity contribution in [3.8, 4) is 29.0 Å². The number of halogens is 3. The van der Waals surface area contributed by atoms with Crippen molar-refractivity contribution in [3.05, 3.63) is 34.4 Å². The number of methoxy groups -OCH3 is 1. The summed E-state index contributed by atoms with van der Waals surface area (Å²) in [7, 11) is 1.70. The normalized spacial score (nSPS) is 25.7. The highest BCUT2D eigenvalue weighted by Gasteiger charge is 2.48. The Hall–Kier alpha value is -3.50. The quantitative estimate of drug-likeness (QED) is 0.254. The van der Waals surface area contributed by atoms with Crippen LogP contribution in [-0.2, 0) is 4.74 Å². The van der Waals surface area contributed by atoms with Crippen LogP contribution in [0.25, 0.3) is 32.1 Å². The van der Waals surface area contributed by atoms with E-state index in [0.29, 0.717) is 36.7 Å². The average molecular weight is 667 g/mol. The van der Waals surface area contributed by atoms with E-state index in [-0.39, 0.29) is 78.4 Å². The molecule has 6 heterocycles. The Morgan fingerprint density at radius 2 is 2.11 bits per heavy atom. The molecular formula is C33H33ClF2N6O3S. The minimum atomic E-state index is -0.734. The second-order valence-corrected chi connectivity index (χ2v) is 14.5. The SMILES string of the molecule is COC1CCN2c3nc(OCC45CCCN4C[C@H](C)C5)nc4c(F)c(-c5ccc(F)c6sc(N)c(C#N)c56)c(Cl)c(c34)OCC2C1. The van der Waals surface area contributed by atoms with E-state index in [9.17, 15) is 9.65 Å². The molecule has 0 aliphatic carbocycles. The van der Waals surface area contributed by atoms with Gasteiger partial charge >= 0.3 is 6.01 Å². The highest BCUT2D eigenvalue weighted by molar-refractivity contribution is 7.23. The highest BCUT2D eigenvalue weighted by atomic mass is 35.5. The summed E-state index contributed by atoms with van der Waals surface area (Å²) in [6.07, 6.45) is 4.66. The largest absolute Gasteiger partial charge is 0.489 e. The number of nitrogen functional groups attached to an aromatic ring is 1. The van der Waals surface area contributed by atoms with Crippen LogP contribution in [-0.4, -0.2) is 72.5 Å². The third-order valence-electron chi connectivity index (χ3n) is 10.3. The summed E-state index contributed by atoms with van der Waals surface area (Å²) < 4.78 is 50.8. The monoisotopic (exact) mass is 666 g/mol. The maximum absolute atomic E-state index is 17.1. The van der Waals surface area contributed by atoms with Gasteiger partial charge in [0.25, 0.3) is 0 Å².